The first-order chi connectivity index (χ1) is 18.8. The molecule has 39 heavy (non-hydrogen) atoms. The molecule has 3 aromatic carbocycles. The van der Waals surface area contributed by atoms with Crippen LogP contribution in [0.1, 0.15) is 33.6 Å². The minimum atomic E-state index is -1.08. The molecule has 6 rings (SSSR count). The molecule has 196 valence electrons. The van der Waals surface area contributed by atoms with E-state index in [9.17, 15) is 23.6 Å². The molecule has 0 bridgehead atoms. The summed E-state index contributed by atoms with van der Waals surface area (Å²) in [5.41, 5.74) is 3.78. The topological polar surface area (TPSA) is 123 Å². The van der Waals surface area contributed by atoms with Gasteiger partial charge in [-0.3, -0.25) is 29.4 Å². The van der Waals surface area contributed by atoms with Crippen molar-refractivity contribution >= 4 is 46.0 Å². The Bertz CT molecular complexity index is 1730. The molecule has 0 aliphatic carbocycles. The second-order valence-corrected chi connectivity index (χ2v) is 9.39. The molecule has 2 N–H and O–H groups in total. The zero-order valence-electron chi connectivity index (χ0n) is 20.9. The van der Waals surface area contributed by atoms with Crippen molar-refractivity contribution in [1.82, 2.24) is 19.8 Å². The number of piperidine rings is 1. The number of carbonyl (C=O) groups is 4. The highest BCUT2D eigenvalue weighted by molar-refractivity contribution is 6.25. The molecule has 1 atom stereocenters. The third-order valence-electron chi connectivity index (χ3n) is 7.06. The summed E-state index contributed by atoms with van der Waals surface area (Å²) in [6.07, 6.45) is 1.75. The van der Waals surface area contributed by atoms with E-state index in [0.717, 1.165) is 10.4 Å². The SMILES string of the molecule is COc1ccc(-c2cc3ncn(C)c3cc2Nc2cccc3c2C(=O)N(C2CCC(=O)NC2=O)C3=O)cc1F. The molecule has 1 unspecified atom stereocenters. The highest BCUT2D eigenvalue weighted by Gasteiger charge is 2.45. The zero-order valence-corrected chi connectivity index (χ0v) is 20.9. The number of hydrogen-bond donors (Lipinski definition) is 2. The van der Waals surface area contributed by atoms with Crippen LogP contribution in [-0.4, -0.2) is 51.2 Å². The smallest absolute Gasteiger partial charge is 0.264 e. The molecule has 0 saturated carbocycles. The number of hydrogen-bond acceptors (Lipinski definition) is 7. The van der Waals surface area contributed by atoms with E-state index in [-0.39, 0.29) is 29.7 Å². The predicted octanol–water partition coefficient (Wildman–Crippen LogP) is 3.53. The Hall–Kier alpha value is -5.06. The van der Waals surface area contributed by atoms with Crippen LogP contribution in [0.15, 0.2) is 54.9 Å². The first-order valence-electron chi connectivity index (χ1n) is 12.2. The summed E-state index contributed by atoms with van der Waals surface area (Å²) >= 11 is 0. The van der Waals surface area contributed by atoms with E-state index < -0.39 is 35.5 Å². The second kappa shape index (κ2) is 9.05. The number of carbonyl (C=O) groups excluding carboxylic acids is 4. The number of nitrogens with zero attached hydrogens (tertiary/aromatic N) is 3. The average molecular weight is 528 g/mol. The molecule has 11 heteroatoms. The van der Waals surface area contributed by atoms with Crippen LogP contribution in [0.4, 0.5) is 15.8 Å². The van der Waals surface area contributed by atoms with E-state index in [1.165, 1.54) is 25.3 Å². The van der Waals surface area contributed by atoms with Gasteiger partial charge in [-0.2, -0.15) is 0 Å². The number of fused-ring (bicyclic) bond motifs is 2. The van der Waals surface area contributed by atoms with Gasteiger partial charge in [0.2, 0.25) is 11.8 Å². The Morgan fingerprint density at radius 2 is 1.85 bits per heavy atom. The van der Waals surface area contributed by atoms with Crippen LogP contribution in [0.5, 0.6) is 5.75 Å². The van der Waals surface area contributed by atoms with Crippen molar-refractivity contribution in [2.45, 2.75) is 18.9 Å². The molecule has 2 aliphatic heterocycles. The van der Waals surface area contributed by atoms with Gasteiger partial charge in [0, 0.05) is 24.7 Å². The molecule has 1 aromatic heterocycles. The van der Waals surface area contributed by atoms with Crippen molar-refractivity contribution in [2.75, 3.05) is 12.4 Å². The number of benzene rings is 3. The van der Waals surface area contributed by atoms with Gasteiger partial charge in [0.05, 0.1) is 41.3 Å². The lowest BCUT2D eigenvalue weighted by Crippen LogP contribution is -2.54. The summed E-state index contributed by atoms with van der Waals surface area (Å²) in [6.45, 7) is 0. The van der Waals surface area contributed by atoms with Crippen LogP contribution >= 0.6 is 0 Å². The Kier molecular flexibility index (Phi) is 5.63. The first-order valence-corrected chi connectivity index (χ1v) is 12.2. The second-order valence-electron chi connectivity index (χ2n) is 9.39. The van der Waals surface area contributed by atoms with Crippen LogP contribution in [0, 0.1) is 5.82 Å². The molecule has 4 aromatic rings. The van der Waals surface area contributed by atoms with Crippen molar-refractivity contribution < 1.29 is 28.3 Å². The van der Waals surface area contributed by atoms with Crippen LogP contribution in [0.2, 0.25) is 0 Å². The molecule has 1 fully saturated rings. The van der Waals surface area contributed by atoms with Crippen molar-refractivity contribution in [3.05, 3.63) is 71.8 Å². The van der Waals surface area contributed by atoms with Crippen molar-refractivity contribution in [2.24, 2.45) is 7.05 Å². The van der Waals surface area contributed by atoms with Crippen molar-refractivity contribution in [1.29, 1.82) is 0 Å². The van der Waals surface area contributed by atoms with E-state index in [2.05, 4.69) is 15.6 Å². The van der Waals surface area contributed by atoms with E-state index in [4.69, 9.17) is 4.74 Å². The Morgan fingerprint density at radius 3 is 2.59 bits per heavy atom. The highest BCUT2D eigenvalue weighted by atomic mass is 19.1. The summed E-state index contributed by atoms with van der Waals surface area (Å²) in [4.78, 5) is 56.2. The molecule has 10 nitrogen and oxygen atoms in total. The van der Waals surface area contributed by atoms with E-state index >= 15 is 0 Å². The minimum Gasteiger partial charge on any atom is -0.494 e. The maximum atomic E-state index is 14.7. The van der Waals surface area contributed by atoms with Gasteiger partial charge in [-0.1, -0.05) is 12.1 Å². The van der Waals surface area contributed by atoms with Crippen LogP contribution < -0.4 is 15.4 Å². The number of imide groups is 2. The number of halogens is 1. The number of nitrogens with one attached hydrogen (secondary N) is 2. The summed E-state index contributed by atoms with van der Waals surface area (Å²) in [6, 6.07) is 12.0. The molecular formula is C28H22FN5O5. The average Bonchev–Trinajstić information content (AvgIpc) is 3.40. The molecule has 1 saturated heterocycles. The molecule has 2 aliphatic rings. The number of imidazole rings is 1. The fourth-order valence-corrected chi connectivity index (χ4v) is 5.11. The number of aryl methyl sites for hydroxylation is 1. The predicted molar refractivity (Wildman–Crippen MR) is 139 cm³/mol. The third kappa shape index (κ3) is 3.90. The molecule has 0 radical (unpaired) electrons. The maximum Gasteiger partial charge on any atom is 0.264 e. The van der Waals surface area contributed by atoms with Gasteiger partial charge >= 0.3 is 0 Å². The summed E-state index contributed by atoms with van der Waals surface area (Å²) < 4.78 is 21.5. The monoisotopic (exact) mass is 527 g/mol. The largest absolute Gasteiger partial charge is 0.494 e. The van der Waals surface area contributed by atoms with E-state index in [1.807, 2.05) is 23.7 Å². The number of amides is 4. The maximum absolute atomic E-state index is 14.7. The summed E-state index contributed by atoms with van der Waals surface area (Å²) in [7, 11) is 3.23. The van der Waals surface area contributed by atoms with Crippen LogP contribution in [0.25, 0.3) is 22.2 Å². The van der Waals surface area contributed by atoms with Gasteiger partial charge in [-0.05, 0) is 48.4 Å². The van der Waals surface area contributed by atoms with E-state index in [1.54, 1.807) is 24.5 Å². The van der Waals surface area contributed by atoms with Crippen LogP contribution in [0.3, 0.4) is 0 Å². The Morgan fingerprint density at radius 1 is 1.03 bits per heavy atom. The number of methoxy groups -OCH3 is 1. The summed E-state index contributed by atoms with van der Waals surface area (Å²) in [5.74, 6) is -2.79. The van der Waals surface area contributed by atoms with Gasteiger partial charge < -0.3 is 14.6 Å². The number of anilines is 2. The molecule has 0 spiro atoms. The van der Waals surface area contributed by atoms with E-state index in [0.29, 0.717) is 28.0 Å². The zero-order chi connectivity index (χ0) is 27.4. The normalized spacial score (nSPS) is 17.0. The third-order valence-corrected chi connectivity index (χ3v) is 7.06. The standard InChI is InChI=1S/C28H22FN5O5/c1-33-13-30-20-11-16(14-6-8-23(39-2)17(29)10-14)19(12-22(20)33)31-18-5-3-4-15-25(18)28(38)34(27(15)37)21-7-9-24(35)32-26(21)36/h3-6,8,10-13,21,31H,7,9H2,1-2H3,(H,32,35,36). The highest BCUT2D eigenvalue weighted by Crippen LogP contribution is 2.39. The van der Waals surface area contributed by atoms with Gasteiger partial charge in [-0.25, -0.2) is 9.37 Å². The van der Waals surface area contributed by atoms with Gasteiger partial charge in [0.15, 0.2) is 11.6 Å². The lowest BCUT2D eigenvalue weighted by Gasteiger charge is -2.27. The summed E-state index contributed by atoms with van der Waals surface area (Å²) in [5, 5.41) is 5.47. The molecule has 4 amide bonds. The van der Waals surface area contributed by atoms with Crippen molar-refractivity contribution in [3.63, 3.8) is 0 Å². The Balaban J connectivity index is 1.44. The Labute approximate surface area is 221 Å². The van der Waals surface area contributed by atoms with Crippen LogP contribution in [-0.2, 0) is 16.6 Å². The molecule has 3 heterocycles. The molecular weight excluding hydrogens is 505 g/mol. The lowest BCUT2D eigenvalue weighted by atomic mass is 10.0. The van der Waals surface area contributed by atoms with Crippen molar-refractivity contribution in [3.8, 4) is 16.9 Å². The fourth-order valence-electron chi connectivity index (χ4n) is 5.11. The quantitative estimate of drug-likeness (QED) is 0.381. The number of ether oxygens (including phenoxy) is 1. The lowest BCUT2D eigenvalue weighted by molar-refractivity contribution is -0.136. The fraction of sp³-hybridized carbons (Fsp3) is 0.179. The van der Waals surface area contributed by atoms with Gasteiger partial charge in [0.1, 0.15) is 6.04 Å². The first kappa shape index (κ1) is 24.3. The van der Waals surface area contributed by atoms with Gasteiger partial charge in [-0.15, -0.1) is 0 Å². The number of aromatic nitrogens is 2. The minimum absolute atomic E-state index is 0.0292. The van der Waals surface area contributed by atoms with Gasteiger partial charge in [0.25, 0.3) is 11.8 Å². The number of rotatable bonds is 5.